The molecule has 0 aliphatic rings. The van der Waals surface area contributed by atoms with Crippen molar-refractivity contribution in [2.24, 2.45) is 0 Å². The molecule has 2 aromatic rings. The molecule has 0 atom stereocenters. The second-order valence-electron chi connectivity index (χ2n) is 3.46. The van der Waals surface area contributed by atoms with Gasteiger partial charge >= 0.3 is 0 Å². The Kier molecular flexibility index (Phi) is 3.22. The first-order valence-electron chi connectivity index (χ1n) is 4.96. The molecule has 0 bridgehead atoms. The van der Waals surface area contributed by atoms with E-state index in [9.17, 15) is 0 Å². The highest BCUT2D eigenvalue weighted by molar-refractivity contribution is 6.28. The molecule has 84 valence electrons. The first-order valence-corrected chi connectivity index (χ1v) is 5.34. The zero-order valence-corrected chi connectivity index (χ0v) is 9.86. The van der Waals surface area contributed by atoms with E-state index in [1.165, 1.54) is 0 Å². The van der Waals surface area contributed by atoms with Crippen LogP contribution in [0, 0.1) is 18.3 Å². The van der Waals surface area contributed by atoms with Gasteiger partial charge in [-0.05, 0) is 30.2 Å². The molecular formula is C12H9ClN4. The number of aryl methyl sites for hydroxylation is 1. The molecule has 17 heavy (non-hydrogen) atoms. The Balaban J connectivity index is 2.34. The number of para-hydroxylation sites is 1. The molecule has 0 radical (unpaired) electrons. The maximum Gasteiger partial charge on any atom is 0.225 e. The number of nitriles is 1. The third kappa shape index (κ3) is 2.71. The highest BCUT2D eigenvalue weighted by atomic mass is 35.5. The molecule has 0 saturated carbocycles. The van der Waals surface area contributed by atoms with Crippen LogP contribution in [-0.4, -0.2) is 9.97 Å². The van der Waals surface area contributed by atoms with Crippen molar-refractivity contribution in [2.45, 2.75) is 6.92 Å². The van der Waals surface area contributed by atoms with E-state index in [1.807, 2.05) is 37.3 Å². The van der Waals surface area contributed by atoms with E-state index in [4.69, 9.17) is 16.9 Å². The average Bonchev–Trinajstić information content (AvgIpc) is 2.31. The van der Waals surface area contributed by atoms with Gasteiger partial charge in [-0.1, -0.05) is 18.2 Å². The Morgan fingerprint density at radius 3 is 2.76 bits per heavy atom. The summed E-state index contributed by atoms with van der Waals surface area (Å²) < 4.78 is 0. The third-order valence-electron chi connectivity index (χ3n) is 2.22. The van der Waals surface area contributed by atoms with E-state index in [2.05, 4.69) is 15.3 Å². The predicted molar refractivity (Wildman–Crippen MR) is 66.2 cm³/mol. The number of hydrogen-bond acceptors (Lipinski definition) is 4. The van der Waals surface area contributed by atoms with Crippen LogP contribution in [0.15, 0.2) is 30.3 Å². The molecular weight excluding hydrogens is 236 g/mol. The van der Waals surface area contributed by atoms with Crippen molar-refractivity contribution < 1.29 is 0 Å². The summed E-state index contributed by atoms with van der Waals surface area (Å²) in [7, 11) is 0. The summed E-state index contributed by atoms with van der Waals surface area (Å²) in [6.07, 6.45) is 0. The number of rotatable bonds is 2. The van der Waals surface area contributed by atoms with Crippen molar-refractivity contribution in [2.75, 3.05) is 5.32 Å². The van der Waals surface area contributed by atoms with Gasteiger partial charge in [0.1, 0.15) is 17.6 Å². The monoisotopic (exact) mass is 244 g/mol. The molecule has 4 nitrogen and oxygen atoms in total. The molecule has 0 aliphatic heterocycles. The average molecular weight is 245 g/mol. The number of anilines is 2. The van der Waals surface area contributed by atoms with Crippen molar-refractivity contribution in [3.63, 3.8) is 0 Å². The Morgan fingerprint density at radius 2 is 2.06 bits per heavy atom. The normalized spacial score (nSPS) is 9.71. The van der Waals surface area contributed by atoms with Crippen LogP contribution in [0.1, 0.15) is 11.3 Å². The van der Waals surface area contributed by atoms with E-state index in [1.54, 1.807) is 6.07 Å². The Morgan fingerprint density at radius 1 is 1.29 bits per heavy atom. The van der Waals surface area contributed by atoms with Gasteiger partial charge < -0.3 is 5.32 Å². The van der Waals surface area contributed by atoms with Crippen LogP contribution < -0.4 is 5.32 Å². The van der Waals surface area contributed by atoms with Crippen molar-refractivity contribution >= 4 is 23.1 Å². The molecule has 0 fully saturated rings. The topological polar surface area (TPSA) is 61.6 Å². The second-order valence-corrected chi connectivity index (χ2v) is 3.80. The highest BCUT2D eigenvalue weighted by Crippen LogP contribution is 2.19. The molecule has 0 saturated heterocycles. The minimum Gasteiger partial charge on any atom is -0.340 e. The zero-order chi connectivity index (χ0) is 12.3. The lowest BCUT2D eigenvalue weighted by Gasteiger charge is -2.08. The first-order chi connectivity index (χ1) is 8.19. The van der Waals surface area contributed by atoms with Gasteiger partial charge in [0.25, 0.3) is 0 Å². The van der Waals surface area contributed by atoms with Gasteiger partial charge in [0.05, 0.1) is 0 Å². The smallest absolute Gasteiger partial charge is 0.225 e. The zero-order valence-electron chi connectivity index (χ0n) is 9.11. The van der Waals surface area contributed by atoms with Crippen LogP contribution in [0.2, 0.25) is 5.28 Å². The maximum absolute atomic E-state index is 8.78. The van der Waals surface area contributed by atoms with Crippen molar-refractivity contribution in [3.05, 3.63) is 46.9 Å². The molecule has 1 aromatic carbocycles. The highest BCUT2D eigenvalue weighted by Gasteiger charge is 2.04. The number of halogens is 1. The summed E-state index contributed by atoms with van der Waals surface area (Å²) in [5.74, 6) is 0.510. The lowest BCUT2D eigenvalue weighted by molar-refractivity contribution is 1.14. The Bertz CT molecular complexity index is 589. The fraction of sp³-hybridized carbons (Fsp3) is 0.0833. The summed E-state index contributed by atoms with van der Waals surface area (Å²) >= 11 is 5.72. The largest absolute Gasteiger partial charge is 0.340 e. The number of benzene rings is 1. The molecule has 0 aliphatic carbocycles. The van der Waals surface area contributed by atoms with Crippen LogP contribution in [0.25, 0.3) is 0 Å². The molecule has 0 spiro atoms. The van der Waals surface area contributed by atoms with Gasteiger partial charge in [0, 0.05) is 11.8 Å². The van der Waals surface area contributed by atoms with Gasteiger partial charge in [-0.2, -0.15) is 5.26 Å². The van der Waals surface area contributed by atoms with Crippen molar-refractivity contribution in [1.82, 2.24) is 9.97 Å². The van der Waals surface area contributed by atoms with Crippen molar-refractivity contribution in [3.8, 4) is 6.07 Å². The van der Waals surface area contributed by atoms with Gasteiger partial charge in [0.2, 0.25) is 5.28 Å². The lowest BCUT2D eigenvalue weighted by atomic mass is 10.2. The fourth-order valence-corrected chi connectivity index (χ4v) is 1.57. The standard InChI is InChI=1S/C12H9ClN4/c1-8-4-2-3-5-10(8)16-11-6-9(7-14)15-12(13)17-11/h2-6H,1H3,(H,15,16,17). The number of nitrogens with one attached hydrogen (secondary N) is 1. The number of aromatic nitrogens is 2. The lowest BCUT2D eigenvalue weighted by Crippen LogP contribution is -1.98. The van der Waals surface area contributed by atoms with Gasteiger partial charge in [-0.3, -0.25) is 0 Å². The minimum atomic E-state index is 0.0557. The number of nitrogens with zero attached hydrogens (tertiary/aromatic N) is 3. The Labute approximate surface area is 104 Å². The molecule has 1 N–H and O–H groups in total. The summed E-state index contributed by atoms with van der Waals surface area (Å²) in [6, 6.07) is 11.3. The second kappa shape index (κ2) is 4.81. The minimum absolute atomic E-state index is 0.0557. The first kappa shape index (κ1) is 11.4. The summed E-state index contributed by atoms with van der Waals surface area (Å²) in [5.41, 5.74) is 2.24. The van der Waals surface area contributed by atoms with E-state index in [0.717, 1.165) is 11.3 Å². The molecule has 1 aromatic heterocycles. The van der Waals surface area contributed by atoms with Gasteiger partial charge in [-0.25, -0.2) is 9.97 Å². The van der Waals surface area contributed by atoms with E-state index < -0.39 is 0 Å². The molecule has 2 rings (SSSR count). The van der Waals surface area contributed by atoms with E-state index in [-0.39, 0.29) is 11.0 Å². The van der Waals surface area contributed by atoms with Crippen molar-refractivity contribution in [1.29, 1.82) is 5.26 Å². The van der Waals surface area contributed by atoms with Crippen LogP contribution >= 0.6 is 11.6 Å². The van der Waals surface area contributed by atoms with Gasteiger partial charge in [0.15, 0.2) is 0 Å². The maximum atomic E-state index is 8.78. The SMILES string of the molecule is Cc1ccccc1Nc1cc(C#N)nc(Cl)n1. The third-order valence-corrected chi connectivity index (χ3v) is 2.39. The predicted octanol–water partition coefficient (Wildman–Crippen LogP) is 3.05. The van der Waals surface area contributed by atoms with Crippen LogP contribution in [0.3, 0.4) is 0 Å². The van der Waals surface area contributed by atoms with E-state index in [0.29, 0.717) is 5.82 Å². The van der Waals surface area contributed by atoms with Crippen LogP contribution in [0.5, 0.6) is 0 Å². The summed E-state index contributed by atoms with van der Waals surface area (Å²) in [6.45, 7) is 1.98. The van der Waals surface area contributed by atoms with Crippen LogP contribution in [0.4, 0.5) is 11.5 Å². The fourth-order valence-electron chi connectivity index (χ4n) is 1.39. The van der Waals surface area contributed by atoms with Crippen LogP contribution in [-0.2, 0) is 0 Å². The molecule has 1 heterocycles. The summed E-state index contributed by atoms with van der Waals surface area (Å²) in [4.78, 5) is 7.78. The Hall–Kier alpha value is -2.12. The molecule has 5 heteroatoms. The van der Waals surface area contributed by atoms with E-state index >= 15 is 0 Å². The summed E-state index contributed by atoms with van der Waals surface area (Å²) in [5, 5.41) is 11.9. The molecule has 0 amide bonds. The molecule has 0 unspecified atom stereocenters. The quantitative estimate of drug-likeness (QED) is 0.825. The van der Waals surface area contributed by atoms with Gasteiger partial charge in [-0.15, -0.1) is 0 Å². The number of hydrogen-bond donors (Lipinski definition) is 1.